The molecule has 0 radical (unpaired) electrons. The predicted molar refractivity (Wildman–Crippen MR) is 96.0 cm³/mol. The standard InChI is InChI=1S/C18H24N2O2S/c1-12(2)10-20-16(22)13-8-6-7-9-14(13)19-17(20)23-11-15(21)18(3,4)5/h6-9,12H,10-11H2,1-5H3. The van der Waals surface area contributed by atoms with E-state index in [4.69, 9.17) is 0 Å². The number of carbonyl (C=O) groups is 1. The number of ketones is 1. The number of nitrogens with zero attached hydrogens (tertiary/aromatic N) is 2. The summed E-state index contributed by atoms with van der Waals surface area (Å²) in [6, 6.07) is 7.36. The fraction of sp³-hybridized carbons (Fsp3) is 0.500. The Kier molecular flexibility index (Phi) is 5.30. The predicted octanol–water partition coefficient (Wildman–Crippen LogP) is 3.76. The number of aromatic nitrogens is 2. The van der Waals surface area contributed by atoms with E-state index in [1.807, 2.05) is 39.0 Å². The summed E-state index contributed by atoms with van der Waals surface area (Å²) in [5, 5.41) is 1.25. The topological polar surface area (TPSA) is 52.0 Å². The highest BCUT2D eigenvalue weighted by atomic mass is 32.2. The van der Waals surface area contributed by atoms with Gasteiger partial charge in [-0.05, 0) is 18.1 Å². The van der Waals surface area contributed by atoms with Gasteiger partial charge in [0, 0.05) is 12.0 Å². The van der Waals surface area contributed by atoms with Crippen LogP contribution in [0.2, 0.25) is 0 Å². The van der Waals surface area contributed by atoms with E-state index in [2.05, 4.69) is 18.8 Å². The van der Waals surface area contributed by atoms with Gasteiger partial charge in [0.05, 0.1) is 16.7 Å². The number of hydrogen-bond donors (Lipinski definition) is 0. The van der Waals surface area contributed by atoms with Crippen molar-refractivity contribution in [1.82, 2.24) is 9.55 Å². The number of carbonyl (C=O) groups excluding carboxylic acids is 1. The minimum atomic E-state index is -0.382. The first-order valence-electron chi connectivity index (χ1n) is 7.86. The number of Topliss-reactive ketones (excluding diaryl/α,β-unsaturated/α-hetero) is 1. The smallest absolute Gasteiger partial charge is 0.262 e. The molecule has 0 aliphatic rings. The van der Waals surface area contributed by atoms with E-state index in [0.717, 1.165) is 0 Å². The Morgan fingerprint density at radius 1 is 1.26 bits per heavy atom. The molecule has 23 heavy (non-hydrogen) atoms. The molecule has 1 heterocycles. The quantitative estimate of drug-likeness (QED) is 0.618. The van der Waals surface area contributed by atoms with Gasteiger partial charge in [-0.2, -0.15) is 0 Å². The highest BCUT2D eigenvalue weighted by Crippen LogP contribution is 2.23. The van der Waals surface area contributed by atoms with Gasteiger partial charge >= 0.3 is 0 Å². The molecule has 2 rings (SSSR count). The third-order valence-corrected chi connectivity index (χ3v) is 4.52. The average Bonchev–Trinajstić information content (AvgIpc) is 2.46. The van der Waals surface area contributed by atoms with Crippen LogP contribution in [0.3, 0.4) is 0 Å². The van der Waals surface area contributed by atoms with Gasteiger partial charge in [-0.3, -0.25) is 14.2 Å². The second-order valence-electron chi connectivity index (χ2n) is 7.18. The van der Waals surface area contributed by atoms with Crippen LogP contribution in [0.1, 0.15) is 34.6 Å². The second-order valence-corrected chi connectivity index (χ2v) is 8.13. The van der Waals surface area contributed by atoms with Crippen molar-refractivity contribution in [1.29, 1.82) is 0 Å². The Labute approximate surface area is 141 Å². The first-order chi connectivity index (χ1) is 10.7. The van der Waals surface area contributed by atoms with Gasteiger partial charge in [0.1, 0.15) is 5.78 Å². The third kappa shape index (κ3) is 4.22. The van der Waals surface area contributed by atoms with E-state index in [1.54, 1.807) is 10.6 Å². The Bertz CT molecular complexity index is 773. The van der Waals surface area contributed by atoms with Gasteiger partial charge in [-0.15, -0.1) is 0 Å². The summed E-state index contributed by atoms with van der Waals surface area (Å²) in [4.78, 5) is 29.6. The number of fused-ring (bicyclic) bond motifs is 1. The molecular weight excluding hydrogens is 308 g/mol. The minimum absolute atomic E-state index is 0.0324. The molecule has 124 valence electrons. The highest BCUT2D eigenvalue weighted by Gasteiger charge is 2.22. The van der Waals surface area contributed by atoms with Crippen molar-refractivity contribution in [2.75, 3.05) is 5.75 Å². The van der Waals surface area contributed by atoms with E-state index >= 15 is 0 Å². The van der Waals surface area contributed by atoms with Crippen LogP contribution in [0.5, 0.6) is 0 Å². The first kappa shape index (κ1) is 17.7. The first-order valence-corrected chi connectivity index (χ1v) is 8.84. The lowest BCUT2D eigenvalue weighted by molar-refractivity contribution is -0.123. The second kappa shape index (κ2) is 6.87. The van der Waals surface area contributed by atoms with Crippen LogP contribution in [-0.4, -0.2) is 21.1 Å². The van der Waals surface area contributed by atoms with E-state index in [0.29, 0.717) is 34.3 Å². The fourth-order valence-corrected chi connectivity index (χ4v) is 3.30. The maximum atomic E-state index is 12.8. The zero-order valence-electron chi connectivity index (χ0n) is 14.4. The molecule has 0 bridgehead atoms. The highest BCUT2D eigenvalue weighted by molar-refractivity contribution is 7.99. The van der Waals surface area contributed by atoms with Gasteiger partial charge in [0.25, 0.3) is 5.56 Å². The zero-order valence-corrected chi connectivity index (χ0v) is 15.2. The Hall–Kier alpha value is -1.62. The van der Waals surface area contributed by atoms with Gasteiger partial charge in [0.2, 0.25) is 0 Å². The summed E-state index contributed by atoms with van der Waals surface area (Å²) in [5.41, 5.74) is 0.269. The van der Waals surface area contributed by atoms with Crippen molar-refractivity contribution in [3.05, 3.63) is 34.6 Å². The largest absolute Gasteiger partial charge is 0.298 e. The van der Waals surface area contributed by atoms with Gasteiger partial charge in [-0.1, -0.05) is 58.5 Å². The van der Waals surface area contributed by atoms with Crippen molar-refractivity contribution < 1.29 is 4.79 Å². The summed E-state index contributed by atoms with van der Waals surface area (Å²) >= 11 is 1.36. The van der Waals surface area contributed by atoms with Crippen LogP contribution in [-0.2, 0) is 11.3 Å². The van der Waals surface area contributed by atoms with Crippen molar-refractivity contribution in [2.24, 2.45) is 11.3 Å². The van der Waals surface area contributed by atoms with Gasteiger partial charge in [-0.25, -0.2) is 4.98 Å². The minimum Gasteiger partial charge on any atom is -0.298 e. The molecule has 0 unspecified atom stereocenters. The number of hydrogen-bond acceptors (Lipinski definition) is 4. The number of benzene rings is 1. The molecule has 0 spiro atoms. The van der Waals surface area contributed by atoms with Crippen molar-refractivity contribution in [3.8, 4) is 0 Å². The lowest BCUT2D eigenvalue weighted by Gasteiger charge is -2.18. The summed E-state index contributed by atoms with van der Waals surface area (Å²) in [6.45, 7) is 10.5. The van der Waals surface area contributed by atoms with E-state index in [9.17, 15) is 9.59 Å². The van der Waals surface area contributed by atoms with E-state index < -0.39 is 0 Å². The maximum absolute atomic E-state index is 12.8. The molecule has 0 amide bonds. The van der Waals surface area contributed by atoms with Gasteiger partial charge in [0.15, 0.2) is 5.16 Å². The molecule has 0 atom stereocenters. The number of thioether (sulfide) groups is 1. The summed E-state index contributed by atoms with van der Waals surface area (Å²) in [5.74, 6) is 0.807. The summed E-state index contributed by atoms with van der Waals surface area (Å²) in [6.07, 6.45) is 0. The molecule has 5 heteroatoms. The van der Waals surface area contributed by atoms with Crippen molar-refractivity contribution >= 4 is 28.4 Å². The lowest BCUT2D eigenvalue weighted by Crippen LogP contribution is -2.27. The van der Waals surface area contributed by atoms with Crippen LogP contribution in [0, 0.1) is 11.3 Å². The SMILES string of the molecule is CC(C)Cn1c(SCC(=O)C(C)(C)C)nc2ccccc2c1=O. The van der Waals surface area contributed by atoms with Crippen LogP contribution >= 0.6 is 11.8 Å². The molecule has 0 saturated heterocycles. The summed E-state index contributed by atoms with van der Waals surface area (Å²) in [7, 11) is 0. The molecule has 0 aliphatic heterocycles. The maximum Gasteiger partial charge on any atom is 0.262 e. The molecule has 2 aromatic rings. The van der Waals surface area contributed by atoms with Crippen molar-refractivity contribution in [3.63, 3.8) is 0 Å². The van der Waals surface area contributed by atoms with E-state index in [-0.39, 0.29) is 16.8 Å². The van der Waals surface area contributed by atoms with Crippen LogP contribution in [0.15, 0.2) is 34.2 Å². The molecule has 4 nitrogen and oxygen atoms in total. The lowest BCUT2D eigenvalue weighted by atomic mass is 9.92. The molecule has 0 aliphatic carbocycles. The molecular formula is C18H24N2O2S. The molecule has 0 N–H and O–H groups in total. The van der Waals surface area contributed by atoms with Crippen LogP contribution < -0.4 is 5.56 Å². The van der Waals surface area contributed by atoms with Crippen LogP contribution in [0.25, 0.3) is 10.9 Å². The summed E-state index contributed by atoms with van der Waals surface area (Å²) < 4.78 is 1.70. The Morgan fingerprint density at radius 2 is 1.91 bits per heavy atom. The third-order valence-electron chi connectivity index (χ3n) is 3.54. The van der Waals surface area contributed by atoms with Gasteiger partial charge < -0.3 is 0 Å². The Balaban J connectivity index is 2.44. The molecule has 0 saturated carbocycles. The molecule has 1 aromatic carbocycles. The fourth-order valence-electron chi connectivity index (χ4n) is 2.13. The Morgan fingerprint density at radius 3 is 2.52 bits per heavy atom. The molecule has 0 fully saturated rings. The zero-order chi connectivity index (χ0) is 17.2. The van der Waals surface area contributed by atoms with Crippen molar-refractivity contribution in [2.45, 2.75) is 46.3 Å². The monoisotopic (exact) mass is 332 g/mol. The average molecular weight is 332 g/mol. The van der Waals surface area contributed by atoms with Crippen LogP contribution in [0.4, 0.5) is 0 Å². The molecule has 1 aromatic heterocycles. The van der Waals surface area contributed by atoms with E-state index in [1.165, 1.54) is 11.8 Å². The normalized spacial score (nSPS) is 12.1. The number of para-hydroxylation sites is 1. The number of rotatable bonds is 5.